The van der Waals surface area contributed by atoms with E-state index < -0.39 is 0 Å². The molecule has 2 aromatic rings. The zero-order valence-electron chi connectivity index (χ0n) is 11.2. The van der Waals surface area contributed by atoms with E-state index in [4.69, 9.17) is 0 Å². The van der Waals surface area contributed by atoms with Gasteiger partial charge in [0.25, 0.3) is 5.91 Å². The lowest BCUT2D eigenvalue weighted by Crippen LogP contribution is -2.29. The molecule has 0 N–H and O–H groups in total. The molecule has 1 amide bonds. The van der Waals surface area contributed by atoms with Gasteiger partial charge in [-0.25, -0.2) is 9.37 Å². The molecule has 20 heavy (non-hydrogen) atoms. The fourth-order valence-corrected chi connectivity index (χ4v) is 2.08. The maximum absolute atomic E-state index is 12.9. The molecular weight excluding hydrogens is 323 g/mol. The number of nitrogens with zero attached hydrogens (tertiary/aromatic N) is 2. The van der Waals surface area contributed by atoms with Gasteiger partial charge in [-0.1, -0.05) is 12.1 Å². The molecule has 0 aliphatic rings. The first-order chi connectivity index (χ1) is 9.49. The van der Waals surface area contributed by atoms with E-state index in [1.54, 1.807) is 36.2 Å². The van der Waals surface area contributed by atoms with Crippen molar-refractivity contribution in [1.29, 1.82) is 0 Å². The van der Waals surface area contributed by atoms with E-state index in [2.05, 4.69) is 20.9 Å². The molecule has 1 aromatic carbocycles. The molecule has 1 atom stereocenters. The zero-order chi connectivity index (χ0) is 14.7. The summed E-state index contributed by atoms with van der Waals surface area (Å²) >= 11 is 3.23. The van der Waals surface area contributed by atoms with Gasteiger partial charge < -0.3 is 4.90 Å². The minimum Gasteiger partial charge on any atom is -0.335 e. The van der Waals surface area contributed by atoms with Crippen LogP contribution >= 0.6 is 15.9 Å². The molecule has 0 aliphatic heterocycles. The zero-order valence-corrected chi connectivity index (χ0v) is 12.8. The van der Waals surface area contributed by atoms with E-state index in [9.17, 15) is 9.18 Å². The first-order valence-corrected chi connectivity index (χ1v) is 6.92. The maximum atomic E-state index is 12.9. The molecule has 2 rings (SSSR count). The van der Waals surface area contributed by atoms with Crippen molar-refractivity contribution in [2.45, 2.75) is 13.0 Å². The molecule has 104 valence electrons. The van der Waals surface area contributed by atoms with Crippen LogP contribution in [0.2, 0.25) is 0 Å². The summed E-state index contributed by atoms with van der Waals surface area (Å²) < 4.78 is 13.6. The van der Waals surface area contributed by atoms with Crippen LogP contribution < -0.4 is 0 Å². The number of halogens is 2. The van der Waals surface area contributed by atoms with Crippen LogP contribution in [0.25, 0.3) is 0 Å². The molecule has 0 saturated carbocycles. The van der Waals surface area contributed by atoms with E-state index in [0.29, 0.717) is 10.2 Å². The second-order valence-electron chi connectivity index (χ2n) is 4.51. The van der Waals surface area contributed by atoms with Gasteiger partial charge in [-0.05, 0) is 52.7 Å². The lowest BCUT2D eigenvalue weighted by atomic mass is 10.1. The van der Waals surface area contributed by atoms with E-state index in [-0.39, 0.29) is 17.8 Å². The highest BCUT2D eigenvalue weighted by Gasteiger charge is 2.19. The summed E-state index contributed by atoms with van der Waals surface area (Å²) in [4.78, 5) is 18.0. The summed E-state index contributed by atoms with van der Waals surface area (Å²) in [5.41, 5.74) is 1.40. The van der Waals surface area contributed by atoms with Gasteiger partial charge in [0, 0.05) is 13.2 Å². The number of benzene rings is 1. The third-order valence-electron chi connectivity index (χ3n) is 3.23. The van der Waals surface area contributed by atoms with Crippen molar-refractivity contribution < 1.29 is 9.18 Å². The Kier molecular flexibility index (Phi) is 4.49. The van der Waals surface area contributed by atoms with Crippen LogP contribution in [-0.4, -0.2) is 22.8 Å². The highest BCUT2D eigenvalue weighted by atomic mass is 79.9. The third kappa shape index (κ3) is 3.22. The molecule has 0 saturated heterocycles. The standard InChI is InChI=1S/C15H14BrFN2O/c1-10(11-3-6-13(17)7-4-11)19(2)15(20)12-5-8-14(16)18-9-12/h3-10H,1-2H3. The molecule has 0 bridgehead atoms. The van der Waals surface area contributed by atoms with Gasteiger partial charge in [0.1, 0.15) is 10.4 Å². The lowest BCUT2D eigenvalue weighted by Gasteiger charge is -2.25. The minimum atomic E-state index is -0.285. The average molecular weight is 337 g/mol. The fraction of sp³-hybridized carbons (Fsp3) is 0.200. The average Bonchev–Trinajstić information content (AvgIpc) is 2.46. The predicted octanol–water partition coefficient (Wildman–Crippen LogP) is 3.82. The van der Waals surface area contributed by atoms with Crippen molar-refractivity contribution in [3.05, 3.63) is 64.1 Å². The number of aromatic nitrogens is 1. The number of pyridine rings is 1. The van der Waals surface area contributed by atoms with Gasteiger partial charge in [0.15, 0.2) is 0 Å². The Bertz CT molecular complexity index is 598. The highest BCUT2D eigenvalue weighted by molar-refractivity contribution is 9.10. The smallest absolute Gasteiger partial charge is 0.255 e. The Morgan fingerprint density at radius 2 is 1.90 bits per heavy atom. The van der Waals surface area contributed by atoms with Crippen LogP contribution in [0.15, 0.2) is 47.2 Å². The number of carbonyl (C=O) groups is 1. The Morgan fingerprint density at radius 1 is 1.25 bits per heavy atom. The second kappa shape index (κ2) is 6.13. The van der Waals surface area contributed by atoms with Crippen molar-refractivity contribution in [2.24, 2.45) is 0 Å². The van der Waals surface area contributed by atoms with Gasteiger partial charge in [0.05, 0.1) is 11.6 Å². The summed E-state index contributed by atoms with van der Waals surface area (Å²) in [5, 5.41) is 0. The largest absolute Gasteiger partial charge is 0.335 e. The van der Waals surface area contributed by atoms with Crippen molar-refractivity contribution in [3.63, 3.8) is 0 Å². The van der Waals surface area contributed by atoms with Crippen LogP contribution in [0.1, 0.15) is 28.9 Å². The van der Waals surface area contributed by atoms with Crippen LogP contribution in [0.3, 0.4) is 0 Å². The predicted molar refractivity (Wildman–Crippen MR) is 78.8 cm³/mol. The Hall–Kier alpha value is -1.75. The molecule has 1 heterocycles. The first-order valence-electron chi connectivity index (χ1n) is 6.13. The normalized spacial score (nSPS) is 12.0. The topological polar surface area (TPSA) is 33.2 Å². The Morgan fingerprint density at radius 3 is 2.45 bits per heavy atom. The fourth-order valence-electron chi connectivity index (χ4n) is 1.85. The van der Waals surface area contributed by atoms with E-state index in [1.807, 2.05) is 6.92 Å². The molecule has 3 nitrogen and oxygen atoms in total. The van der Waals surface area contributed by atoms with Gasteiger partial charge in [-0.2, -0.15) is 0 Å². The Balaban J connectivity index is 2.17. The van der Waals surface area contributed by atoms with Gasteiger partial charge >= 0.3 is 0 Å². The summed E-state index contributed by atoms with van der Waals surface area (Å²) in [5.74, 6) is -0.408. The van der Waals surface area contributed by atoms with Crippen LogP contribution in [-0.2, 0) is 0 Å². The van der Waals surface area contributed by atoms with Gasteiger partial charge in [0.2, 0.25) is 0 Å². The van der Waals surface area contributed by atoms with Crippen LogP contribution in [0.4, 0.5) is 4.39 Å². The van der Waals surface area contributed by atoms with Crippen molar-refractivity contribution in [3.8, 4) is 0 Å². The lowest BCUT2D eigenvalue weighted by molar-refractivity contribution is 0.0742. The summed E-state index contributed by atoms with van der Waals surface area (Å²) in [6, 6.07) is 9.45. The first kappa shape index (κ1) is 14.7. The number of amides is 1. The molecule has 0 aliphatic carbocycles. The van der Waals surface area contributed by atoms with Crippen molar-refractivity contribution in [1.82, 2.24) is 9.88 Å². The van der Waals surface area contributed by atoms with Crippen LogP contribution in [0, 0.1) is 5.82 Å². The number of carbonyl (C=O) groups excluding carboxylic acids is 1. The number of hydrogen-bond acceptors (Lipinski definition) is 2. The molecule has 1 unspecified atom stereocenters. The highest BCUT2D eigenvalue weighted by Crippen LogP contribution is 2.21. The molecule has 0 fully saturated rings. The summed E-state index contributed by atoms with van der Waals surface area (Å²) in [6.07, 6.45) is 1.53. The SMILES string of the molecule is CC(c1ccc(F)cc1)N(C)C(=O)c1ccc(Br)nc1. The summed E-state index contributed by atoms with van der Waals surface area (Å²) in [6.45, 7) is 1.90. The molecule has 0 spiro atoms. The number of rotatable bonds is 3. The van der Waals surface area contributed by atoms with E-state index in [1.165, 1.54) is 18.3 Å². The third-order valence-corrected chi connectivity index (χ3v) is 3.70. The Labute approximate surface area is 125 Å². The van der Waals surface area contributed by atoms with Crippen LogP contribution in [0.5, 0.6) is 0 Å². The molecule has 1 aromatic heterocycles. The van der Waals surface area contributed by atoms with E-state index >= 15 is 0 Å². The van der Waals surface area contributed by atoms with Gasteiger partial charge in [-0.15, -0.1) is 0 Å². The second-order valence-corrected chi connectivity index (χ2v) is 5.33. The quantitative estimate of drug-likeness (QED) is 0.798. The molecule has 0 radical (unpaired) electrons. The molecule has 5 heteroatoms. The van der Waals surface area contributed by atoms with E-state index in [0.717, 1.165) is 5.56 Å². The molecular formula is C15H14BrFN2O. The maximum Gasteiger partial charge on any atom is 0.255 e. The summed E-state index contributed by atoms with van der Waals surface area (Å²) in [7, 11) is 1.72. The van der Waals surface area contributed by atoms with Crippen molar-refractivity contribution in [2.75, 3.05) is 7.05 Å². The van der Waals surface area contributed by atoms with Crippen molar-refractivity contribution >= 4 is 21.8 Å². The van der Waals surface area contributed by atoms with Gasteiger partial charge in [-0.3, -0.25) is 4.79 Å². The number of hydrogen-bond donors (Lipinski definition) is 0. The minimum absolute atomic E-state index is 0.123. The monoisotopic (exact) mass is 336 g/mol.